The SMILES string of the molecule is COCC1(C(=O)O)CCCN(C(=O)C2CCCCC2C(=O)N2CCCC2)C1. The smallest absolute Gasteiger partial charge is 0.313 e. The van der Waals surface area contributed by atoms with Gasteiger partial charge in [-0.15, -0.1) is 0 Å². The molecule has 0 aromatic carbocycles. The zero-order valence-electron chi connectivity index (χ0n) is 16.3. The van der Waals surface area contributed by atoms with Gasteiger partial charge in [0, 0.05) is 45.1 Å². The van der Waals surface area contributed by atoms with E-state index < -0.39 is 11.4 Å². The molecule has 152 valence electrons. The van der Waals surface area contributed by atoms with Crippen molar-refractivity contribution >= 4 is 17.8 Å². The van der Waals surface area contributed by atoms with Crippen molar-refractivity contribution in [2.75, 3.05) is 39.9 Å². The van der Waals surface area contributed by atoms with E-state index in [1.807, 2.05) is 4.90 Å². The van der Waals surface area contributed by atoms with Crippen molar-refractivity contribution in [2.45, 2.75) is 51.4 Å². The van der Waals surface area contributed by atoms with Crippen LogP contribution in [0.3, 0.4) is 0 Å². The maximum absolute atomic E-state index is 13.3. The summed E-state index contributed by atoms with van der Waals surface area (Å²) >= 11 is 0. The highest BCUT2D eigenvalue weighted by molar-refractivity contribution is 5.88. The fourth-order valence-electron chi connectivity index (χ4n) is 5.08. The van der Waals surface area contributed by atoms with Gasteiger partial charge in [-0.25, -0.2) is 0 Å². The molecule has 2 heterocycles. The van der Waals surface area contributed by atoms with Crippen LogP contribution in [-0.2, 0) is 19.1 Å². The number of nitrogens with zero attached hydrogens (tertiary/aromatic N) is 2. The molecule has 3 fully saturated rings. The molecule has 1 aliphatic carbocycles. The first-order valence-electron chi connectivity index (χ1n) is 10.3. The van der Waals surface area contributed by atoms with Crippen molar-refractivity contribution in [1.29, 1.82) is 0 Å². The maximum Gasteiger partial charge on any atom is 0.313 e. The normalized spacial score (nSPS) is 31.7. The van der Waals surface area contributed by atoms with E-state index in [0.717, 1.165) is 51.6 Å². The van der Waals surface area contributed by atoms with Gasteiger partial charge in [0.2, 0.25) is 11.8 Å². The third kappa shape index (κ3) is 4.13. The van der Waals surface area contributed by atoms with Crippen LogP contribution in [0, 0.1) is 17.3 Å². The van der Waals surface area contributed by atoms with Gasteiger partial charge in [0.1, 0.15) is 5.41 Å². The summed E-state index contributed by atoms with van der Waals surface area (Å²) in [5.41, 5.74) is -1.04. The first-order chi connectivity index (χ1) is 13.0. The summed E-state index contributed by atoms with van der Waals surface area (Å²) in [5, 5.41) is 9.73. The number of piperidine rings is 1. The number of carboxylic acid groups (broad SMARTS) is 1. The molecule has 2 amide bonds. The van der Waals surface area contributed by atoms with Crippen LogP contribution in [-0.4, -0.2) is 72.6 Å². The van der Waals surface area contributed by atoms with Crippen molar-refractivity contribution < 1.29 is 24.2 Å². The molecule has 1 saturated carbocycles. The Kier molecular flexibility index (Phi) is 6.40. The summed E-state index contributed by atoms with van der Waals surface area (Å²) in [6.45, 7) is 2.45. The molecule has 2 saturated heterocycles. The minimum absolute atomic E-state index is 0.0336. The van der Waals surface area contributed by atoms with Crippen LogP contribution >= 0.6 is 0 Å². The predicted molar refractivity (Wildman–Crippen MR) is 99.0 cm³/mol. The Morgan fingerprint density at radius 3 is 2.04 bits per heavy atom. The number of hydrogen-bond acceptors (Lipinski definition) is 4. The molecule has 1 N–H and O–H groups in total. The standard InChI is InChI=1S/C20H32N2O5/c1-27-14-20(19(25)26)9-6-12-22(13-20)18(24)16-8-3-2-7-15(16)17(23)21-10-4-5-11-21/h15-16H,2-14H2,1H3,(H,25,26). The molecule has 7 heteroatoms. The van der Waals surface area contributed by atoms with E-state index in [2.05, 4.69) is 0 Å². The number of aliphatic carboxylic acids is 1. The second-order valence-corrected chi connectivity index (χ2v) is 8.41. The van der Waals surface area contributed by atoms with Crippen LogP contribution in [0.4, 0.5) is 0 Å². The molecular weight excluding hydrogens is 348 g/mol. The van der Waals surface area contributed by atoms with E-state index in [1.165, 1.54) is 7.11 Å². The average Bonchev–Trinajstić information content (AvgIpc) is 3.22. The van der Waals surface area contributed by atoms with E-state index in [-0.39, 0.29) is 36.8 Å². The van der Waals surface area contributed by atoms with Crippen LogP contribution in [0.5, 0.6) is 0 Å². The average molecular weight is 380 g/mol. The number of likely N-dealkylation sites (tertiary alicyclic amines) is 2. The van der Waals surface area contributed by atoms with Gasteiger partial charge in [-0.2, -0.15) is 0 Å². The number of amides is 2. The van der Waals surface area contributed by atoms with Gasteiger partial charge in [-0.1, -0.05) is 12.8 Å². The zero-order valence-corrected chi connectivity index (χ0v) is 16.3. The number of carbonyl (C=O) groups excluding carboxylic acids is 2. The number of methoxy groups -OCH3 is 1. The van der Waals surface area contributed by atoms with E-state index >= 15 is 0 Å². The van der Waals surface area contributed by atoms with Crippen molar-refractivity contribution in [1.82, 2.24) is 9.80 Å². The van der Waals surface area contributed by atoms with Gasteiger partial charge in [0.15, 0.2) is 0 Å². The molecule has 7 nitrogen and oxygen atoms in total. The van der Waals surface area contributed by atoms with E-state index in [4.69, 9.17) is 4.74 Å². The highest BCUT2D eigenvalue weighted by atomic mass is 16.5. The molecule has 3 unspecified atom stereocenters. The molecule has 0 aromatic rings. The van der Waals surface area contributed by atoms with E-state index in [1.54, 1.807) is 4.90 Å². The molecule has 0 aromatic heterocycles. The topological polar surface area (TPSA) is 87.1 Å². The molecule has 3 rings (SSSR count). The molecule has 0 spiro atoms. The zero-order chi connectivity index (χ0) is 19.4. The maximum atomic E-state index is 13.3. The third-order valence-electron chi connectivity index (χ3n) is 6.58. The van der Waals surface area contributed by atoms with Gasteiger partial charge < -0.3 is 19.6 Å². The minimum atomic E-state index is -1.04. The number of hydrogen-bond donors (Lipinski definition) is 1. The lowest BCUT2D eigenvalue weighted by molar-refractivity contribution is -0.162. The second kappa shape index (κ2) is 8.59. The quantitative estimate of drug-likeness (QED) is 0.785. The van der Waals surface area contributed by atoms with Crippen molar-refractivity contribution in [3.63, 3.8) is 0 Å². The molecule has 2 aliphatic heterocycles. The number of ether oxygens (including phenoxy) is 1. The molecule has 3 atom stereocenters. The Balaban J connectivity index is 1.73. The summed E-state index contributed by atoms with van der Waals surface area (Å²) in [7, 11) is 1.50. The lowest BCUT2D eigenvalue weighted by atomic mass is 9.76. The number of rotatable bonds is 5. The Labute approximate surface area is 161 Å². The highest BCUT2D eigenvalue weighted by Gasteiger charge is 2.47. The van der Waals surface area contributed by atoms with Crippen molar-refractivity contribution in [3.8, 4) is 0 Å². The lowest BCUT2D eigenvalue weighted by Crippen LogP contribution is -2.55. The van der Waals surface area contributed by atoms with Gasteiger partial charge >= 0.3 is 5.97 Å². The van der Waals surface area contributed by atoms with Crippen LogP contribution in [0.25, 0.3) is 0 Å². The first kappa shape index (κ1) is 20.1. The summed E-state index contributed by atoms with van der Waals surface area (Å²) in [6, 6.07) is 0. The summed E-state index contributed by atoms with van der Waals surface area (Å²) in [5.74, 6) is -1.36. The van der Waals surface area contributed by atoms with Gasteiger partial charge in [-0.05, 0) is 38.5 Å². The Morgan fingerprint density at radius 1 is 0.926 bits per heavy atom. The largest absolute Gasteiger partial charge is 0.481 e. The van der Waals surface area contributed by atoms with Crippen molar-refractivity contribution in [2.24, 2.45) is 17.3 Å². The van der Waals surface area contributed by atoms with Gasteiger partial charge in [-0.3, -0.25) is 14.4 Å². The van der Waals surface area contributed by atoms with Gasteiger partial charge in [0.05, 0.1) is 6.61 Å². The van der Waals surface area contributed by atoms with E-state index in [9.17, 15) is 19.5 Å². The van der Waals surface area contributed by atoms with E-state index in [0.29, 0.717) is 19.4 Å². The van der Waals surface area contributed by atoms with Crippen LogP contribution < -0.4 is 0 Å². The number of carbonyl (C=O) groups is 3. The van der Waals surface area contributed by atoms with Crippen molar-refractivity contribution in [3.05, 3.63) is 0 Å². The number of carboxylic acids is 1. The Bertz CT molecular complexity index is 571. The monoisotopic (exact) mass is 380 g/mol. The van der Waals surface area contributed by atoms with Crippen LogP contribution in [0.15, 0.2) is 0 Å². The third-order valence-corrected chi connectivity index (χ3v) is 6.58. The predicted octanol–water partition coefficient (Wildman–Crippen LogP) is 1.75. The molecule has 0 radical (unpaired) electrons. The van der Waals surface area contributed by atoms with Gasteiger partial charge in [0.25, 0.3) is 0 Å². The fourth-order valence-corrected chi connectivity index (χ4v) is 5.08. The molecule has 27 heavy (non-hydrogen) atoms. The van der Waals surface area contributed by atoms with Crippen LogP contribution in [0.2, 0.25) is 0 Å². The second-order valence-electron chi connectivity index (χ2n) is 8.41. The molecule has 3 aliphatic rings. The summed E-state index contributed by atoms with van der Waals surface area (Å²) in [6.07, 6.45) is 6.68. The first-order valence-corrected chi connectivity index (χ1v) is 10.3. The molecule has 0 bridgehead atoms. The minimum Gasteiger partial charge on any atom is -0.481 e. The Hall–Kier alpha value is -1.63. The Morgan fingerprint density at radius 2 is 1.48 bits per heavy atom. The summed E-state index contributed by atoms with van der Waals surface area (Å²) in [4.78, 5) is 41.8. The van der Waals surface area contributed by atoms with Crippen LogP contribution in [0.1, 0.15) is 51.4 Å². The lowest BCUT2D eigenvalue weighted by Gasteiger charge is -2.42. The molecular formula is C20H32N2O5. The fraction of sp³-hybridized carbons (Fsp3) is 0.850. The highest BCUT2D eigenvalue weighted by Crippen LogP contribution is 2.37. The summed E-state index contributed by atoms with van der Waals surface area (Å²) < 4.78 is 5.17.